The van der Waals surface area contributed by atoms with Crippen molar-refractivity contribution in [2.45, 2.75) is 46.3 Å². The van der Waals surface area contributed by atoms with Crippen molar-refractivity contribution in [3.63, 3.8) is 0 Å². The Bertz CT molecular complexity index is 593. The maximum atomic E-state index is 12.2. The Kier molecular flexibility index (Phi) is 5.48. The molecule has 24 heavy (non-hydrogen) atoms. The van der Waals surface area contributed by atoms with Gasteiger partial charge >= 0.3 is 6.09 Å². The molecule has 8 heteroatoms. The van der Waals surface area contributed by atoms with E-state index in [0.717, 1.165) is 0 Å². The summed E-state index contributed by atoms with van der Waals surface area (Å²) in [6.45, 7) is 11.3. The zero-order valence-electron chi connectivity index (χ0n) is 15.0. The van der Waals surface area contributed by atoms with Crippen LogP contribution < -0.4 is 5.32 Å². The Morgan fingerprint density at radius 3 is 2.67 bits per heavy atom. The second-order valence-corrected chi connectivity index (χ2v) is 7.14. The van der Waals surface area contributed by atoms with Crippen LogP contribution in [0.25, 0.3) is 0 Å². The first-order valence-corrected chi connectivity index (χ1v) is 8.09. The number of carbonyl (C=O) groups excluding carboxylic acids is 2. The summed E-state index contributed by atoms with van der Waals surface area (Å²) in [6.07, 6.45) is -0.309. The highest BCUT2D eigenvalue weighted by Crippen LogP contribution is 2.16. The highest BCUT2D eigenvalue weighted by Gasteiger charge is 2.31. The topological polar surface area (TPSA) is 87.9 Å². The van der Waals surface area contributed by atoms with Crippen LogP contribution in [0.15, 0.2) is 10.6 Å². The Balaban J connectivity index is 1.82. The van der Waals surface area contributed by atoms with Crippen molar-refractivity contribution in [1.29, 1.82) is 0 Å². The SMILES string of the molecule is Cc1cc(NC(=O)CN2CCN(C(=O)OC(C)(C)C)C(C)C2)on1. The van der Waals surface area contributed by atoms with Crippen molar-refractivity contribution < 1.29 is 18.8 Å². The number of nitrogens with zero attached hydrogens (tertiary/aromatic N) is 3. The van der Waals surface area contributed by atoms with Crippen LogP contribution in [0.2, 0.25) is 0 Å². The van der Waals surface area contributed by atoms with E-state index >= 15 is 0 Å². The molecule has 8 nitrogen and oxygen atoms in total. The molecular weight excluding hydrogens is 312 g/mol. The molecule has 0 radical (unpaired) electrons. The lowest BCUT2D eigenvalue weighted by Crippen LogP contribution is -2.56. The number of carbonyl (C=O) groups is 2. The molecule has 2 amide bonds. The van der Waals surface area contributed by atoms with E-state index in [1.807, 2.05) is 32.6 Å². The first-order valence-electron chi connectivity index (χ1n) is 8.09. The molecule has 1 aromatic heterocycles. The van der Waals surface area contributed by atoms with Gasteiger partial charge in [-0.3, -0.25) is 15.0 Å². The van der Waals surface area contributed by atoms with Crippen LogP contribution >= 0.6 is 0 Å². The van der Waals surface area contributed by atoms with Crippen molar-refractivity contribution in [1.82, 2.24) is 15.0 Å². The first-order chi connectivity index (χ1) is 11.1. The first kappa shape index (κ1) is 18.3. The molecule has 1 aliphatic heterocycles. The molecule has 2 rings (SSSR count). The minimum atomic E-state index is -0.511. The van der Waals surface area contributed by atoms with Gasteiger partial charge in [0.15, 0.2) is 0 Å². The summed E-state index contributed by atoms with van der Waals surface area (Å²) in [5.41, 5.74) is 0.202. The van der Waals surface area contributed by atoms with Crippen LogP contribution in [0.3, 0.4) is 0 Å². The fraction of sp³-hybridized carbons (Fsp3) is 0.688. The summed E-state index contributed by atoms with van der Waals surface area (Å²) in [5.74, 6) is 0.182. The Morgan fingerprint density at radius 1 is 1.42 bits per heavy atom. The van der Waals surface area contributed by atoms with E-state index < -0.39 is 5.60 Å². The minimum absolute atomic E-state index is 0.0195. The molecule has 0 bridgehead atoms. The summed E-state index contributed by atoms with van der Waals surface area (Å²) < 4.78 is 10.4. The predicted octanol–water partition coefficient (Wildman–Crippen LogP) is 1.86. The van der Waals surface area contributed by atoms with Gasteiger partial charge in [0, 0.05) is 31.7 Å². The largest absolute Gasteiger partial charge is 0.444 e. The number of amides is 2. The number of rotatable bonds is 3. The van der Waals surface area contributed by atoms with Crippen LogP contribution in [0, 0.1) is 6.92 Å². The molecule has 134 valence electrons. The number of piperazine rings is 1. The number of hydrogen-bond donors (Lipinski definition) is 1. The lowest BCUT2D eigenvalue weighted by Gasteiger charge is -2.39. The number of aryl methyl sites for hydroxylation is 1. The number of hydrogen-bond acceptors (Lipinski definition) is 6. The van der Waals surface area contributed by atoms with Crippen molar-refractivity contribution in [3.05, 3.63) is 11.8 Å². The average molecular weight is 338 g/mol. The molecule has 0 saturated carbocycles. The lowest BCUT2D eigenvalue weighted by atomic mass is 10.2. The zero-order chi connectivity index (χ0) is 17.9. The summed E-state index contributed by atoms with van der Waals surface area (Å²) in [4.78, 5) is 27.9. The van der Waals surface area contributed by atoms with Crippen molar-refractivity contribution in [3.8, 4) is 0 Å². The quantitative estimate of drug-likeness (QED) is 0.905. The smallest absolute Gasteiger partial charge is 0.410 e. The molecule has 1 aromatic rings. The monoisotopic (exact) mass is 338 g/mol. The van der Waals surface area contributed by atoms with Gasteiger partial charge in [0.1, 0.15) is 5.60 Å². The van der Waals surface area contributed by atoms with E-state index in [4.69, 9.17) is 9.26 Å². The molecule has 0 spiro atoms. The number of nitrogens with one attached hydrogen (secondary N) is 1. The number of ether oxygens (including phenoxy) is 1. The fourth-order valence-corrected chi connectivity index (χ4v) is 2.57. The average Bonchev–Trinajstić information content (AvgIpc) is 2.81. The van der Waals surface area contributed by atoms with Crippen LogP contribution in [-0.4, -0.2) is 64.8 Å². The van der Waals surface area contributed by atoms with Gasteiger partial charge in [0.2, 0.25) is 11.8 Å². The minimum Gasteiger partial charge on any atom is -0.444 e. The Morgan fingerprint density at radius 2 is 2.12 bits per heavy atom. The molecule has 0 aromatic carbocycles. The highest BCUT2D eigenvalue weighted by molar-refractivity contribution is 5.91. The third-order valence-corrected chi connectivity index (χ3v) is 3.60. The Hall–Kier alpha value is -2.09. The molecule has 2 heterocycles. The third kappa shape index (κ3) is 5.23. The van der Waals surface area contributed by atoms with Crippen LogP contribution in [-0.2, 0) is 9.53 Å². The van der Waals surface area contributed by atoms with Gasteiger partial charge in [0.25, 0.3) is 0 Å². The standard InChI is InChI=1S/C16H26N4O4/c1-11-8-14(24-18-11)17-13(21)10-19-6-7-20(12(2)9-19)15(22)23-16(3,4)5/h8,12H,6-7,9-10H2,1-5H3,(H,17,21). The maximum Gasteiger partial charge on any atom is 0.410 e. The molecule has 1 fully saturated rings. The van der Waals surface area contributed by atoms with Gasteiger partial charge in [-0.15, -0.1) is 0 Å². The maximum absolute atomic E-state index is 12.2. The highest BCUT2D eigenvalue weighted by atomic mass is 16.6. The van der Waals surface area contributed by atoms with Crippen LogP contribution in [0.5, 0.6) is 0 Å². The molecule has 1 saturated heterocycles. The third-order valence-electron chi connectivity index (χ3n) is 3.60. The van der Waals surface area contributed by atoms with E-state index in [9.17, 15) is 9.59 Å². The lowest BCUT2D eigenvalue weighted by molar-refractivity contribution is -0.118. The molecule has 1 unspecified atom stereocenters. The summed E-state index contributed by atoms with van der Waals surface area (Å²) >= 11 is 0. The number of aromatic nitrogens is 1. The predicted molar refractivity (Wildman–Crippen MR) is 88.7 cm³/mol. The van der Waals surface area contributed by atoms with E-state index in [0.29, 0.717) is 31.2 Å². The van der Waals surface area contributed by atoms with E-state index in [-0.39, 0.29) is 24.6 Å². The van der Waals surface area contributed by atoms with Gasteiger partial charge in [-0.05, 0) is 34.6 Å². The van der Waals surface area contributed by atoms with Crippen LogP contribution in [0.1, 0.15) is 33.4 Å². The van der Waals surface area contributed by atoms with Crippen molar-refractivity contribution >= 4 is 17.9 Å². The van der Waals surface area contributed by atoms with Gasteiger partial charge in [0.05, 0.1) is 12.2 Å². The summed E-state index contributed by atoms with van der Waals surface area (Å²) in [7, 11) is 0. The second-order valence-electron chi connectivity index (χ2n) is 7.14. The number of anilines is 1. The molecule has 1 N–H and O–H groups in total. The summed E-state index contributed by atoms with van der Waals surface area (Å²) in [5, 5.41) is 6.40. The molecule has 0 aliphatic carbocycles. The molecular formula is C16H26N4O4. The van der Waals surface area contributed by atoms with Gasteiger partial charge in [-0.2, -0.15) is 0 Å². The van der Waals surface area contributed by atoms with Gasteiger partial charge in [-0.25, -0.2) is 4.79 Å². The molecule has 1 aliphatic rings. The van der Waals surface area contributed by atoms with E-state index in [2.05, 4.69) is 10.5 Å². The van der Waals surface area contributed by atoms with Crippen LogP contribution in [0.4, 0.5) is 10.7 Å². The van der Waals surface area contributed by atoms with Gasteiger partial charge < -0.3 is 14.2 Å². The second kappa shape index (κ2) is 7.21. The van der Waals surface area contributed by atoms with E-state index in [1.165, 1.54) is 0 Å². The van der Waals surface area contributed by atoms with Crippen molar-refractivity contribution in [2.24, 2.45) is 0 Å². The normalized spacial score (nSPS) is 19.2. The van der Waals surface area contributed by atoms with Gasteiger partial charge in [-0.1, -0.05) is 5.16 Å². The molecule has 1 atom stereocenters. The fourth-order valence-electron chi connectivity index (χ4n) is 2.57. The van der Waals surface area contributed by atoms with Crippen molar-refractivity contribution in [2.75, 3.05) is 31.5 Å². The Labute approximate surface area is 142 Å². The zero-order valence-corrected chi connectivity index (χ0v) is 15.0. The van der Waals surface area contributed by atoms with E-state index in [1.54, 1.807) is 17.9 Å². The summed E-state index contributed by atoms with van der Waals surface area (Å²) in [6, 6.07) is 1.65.